The first kappa shape index (κ1) is 16.1. The number of fused-ring (bicyclic) bond motifs is 1. The van der Waals surface area contributed by atoms with Gasteiger partial charge < -0.3 is 5.32 Å². The summed E-state index contributed by atoms with van der Waals surface area (Å²) in [6.45, 7) is 0. The van der Waals surface area contributed by atoms with E-state index in [9.17, 15) is 5.26 Å². The molecule has 0 saturated carbocycles. The van der Waals surface area contributed by atoms with Gasteiger partial charge in [-0.2, -0.15) is 5.26 Å². The molecule has 26 heavy (non-hydrogen) atoms. The number of hydrogen-bond donors (Lipinski definition) is 3. The number of benzene rings is 1. The van der Waals surface area contributed by atoms with Crippen molar-refractivity contribution in [2.24, 2.45) is 0 Å². The fourth-order valence-corrected chi connectivity index (χ4v) is 3.00. The molecule has 1 unspecified atom stereocenters. The number of halogens is 1. The van der Waals surface area contributed by atoms with Gasteiger partial charge in [-0.1, -0.05) is 12.1 Å². The minimum absolute atomic E-state index is 0.0234. The van der Waals surface area contributed by atoms with E-state index in [0.717, 1.165) is 5.56 Å². The Morgan fingerprint density at radius 1 is 1.35 bits per heavy atom. The van der Waals surface area contributed by atoms with Gasteiger partial charge in [-0.3, -0.25) is 10.8 Å². The summed E-state index contributed by atoms with van der Waals surface area (Å²) in [6, 6.07) is 11.0. The normalized spacial score (nSPS) is 14.8. The van der Waals surface area contributed by atoms with Gasteiger partial charge in [0.15, 0.2) is 0 Å². The maximum absolute atomic E-state index is 9.20. The van der Waals surface area contributed by atoms with E-state index in [0.29, 0.717) is 34.2 Å². The molecule has 3 aromatic rings. The zero-order valence-electron chi connectivity index (χ0n) is 13.4. The second-order valence-corrected chi connectivity index (χ2v) is 5.92. The lowest BCUT2D eigenvalue weighted by Crippen LogP contribution is -2.33. The molecule has 1 aliphatic rings. The number of rotatable bonds is 3. The summed E-state index contributed by atoms with van der Waals surface area (Å²) in [5, 5.41) is 20.7. The van der Waals surface area contributed by atoms with Crippen LogP contribution >= 0.6 is 11.6 Å². The van der Waals surface area contributed by atoms with Crippen molar-refractivity contribution in [2.45, 2.75) is 6.17 Å². The molecule has 2 aromatic heterocycles. The first-order valence-corrected chi connectivity index (χ1v) is 8.32. The fourth-order valence-electron chi connectivity index (χ4n) is 2.86. The topological polar surface area (TPSA) is 115 Å². The van der Waals surface area contributed by atoms with E-state index in [4.69, 9.17) is 17.0 Å². The van der Waals surface area contributed by atoms with Crippen molar-refractivity contribution in [3.05, 3.63) is 54.0 Å². The van der Waals surface area contributed by atoms with Crippen molar-refractivity contribution >= 4 is 17.4 Å². The van der Waals surface area contributed by atoms with Crippen LogP contribution < -0.4 is 16.4 Å². The third kappa shape index (κ3) is 2.64. The van der Waals surface area contributed by atoms with Crippen molar-refractivity contribution in [2.75, 3.05) is 16.6 Å². The zero-order valence-corrected chi connectivity index (χ0v) is 14.2. The number of aromatic nitrogens is 4. The molecular formula is C17H13ClN8. The third-order valence-electron chi connectivity index (χ3n) is 3.98. The van der Waals surface area contributed by atoms with Crippen LogP contribution in [0, 0.1) is 16.7 Å². The second kappa shape index (κ2) is 6.46. The predicted molar refractivity (Wildman–Crippen MR) is 96.8 cm³/mol. The maximum atomic E-state index is 9.20. The van der Waals surface area contributed by atoms with E-state index >= 15 is 0 Å². The van der Waals surface area contributed by atoms with Crippen molar-refractivity contribution in [3.63, 3.8) is 0 Å². The SMILES string of the molecule is N#Cc1cccc(-c2nc(=N)n3c(c2-c2ccncn2)NC(CCl)N3)c1. The molecule has 0 fully saturated rings. The van der Waals surface area contributed by atoms with E-state index in [2.05, 4.69) is 31.8 Å². The van der Waals surface area contributed by atoms with Crippen LogP contribution in [-0.2, 0) is 0 Å². The first-order chi connectivity index (χ1) is 12.7. The van der Waals surface area contributed by atoms with E-state index in [1.54, 1.807) is 35.1 Å². The first-order valence-electron chi connectivity index (χ1n) is 7.79. The summed E-state index contributed by atoms with van der Waals surface area (Å²) in [6.07, 6.45) is 2.87. The lowest BCUT2D eigenvalue weighted by molar-refractivity contribution is 0.762. The molecule has 0 spiro atoms. The Morgan fingerprint density at radius 3 is 2.96 bits per heavy atom. The monoisotopic (exact) mass is 364 g/mol. The van der Waals surface area contributed by atoms with Crippen LogP contribution in [0.4, 0.5) is 5.82 Å². The van der Waals surface area contributed by atoms with Gasteiger partial charge in [0, 0.05) is 11.8 Å². The molecule has 0 radical (unpaired) electrons. The van der Waals surface area contributed by atoms with Gasteiger partial charge in [0.25, 0.3) is 0 Å². The van der Waals surface area contributed by atoms with E-state index < -0.39 is 0 Å². The molecule has 0 bridgehead atoms. The molecule has 8 nitrogen and oxygen atoms in total. The third-order valence-corrected chi connectivity index (χ3v) is 4.29. The van der Waals surface area contributed by atoms with Crippen molar-refractivity contribution in [1.82, 2.24) is 19.6 Å². The van der Waals surface area contributed by atoms with Gasteiger partial charge >= 0.3 is 0 Å². The molecule has 1 atom stereocenters. The Balaban J connectivity index is 2.02. The smallest absolute Gasteiger partial charge is 0.243 e. The summed E-state index contributed by atoms with van der Waals surface area (Å²) in [4.78, 5) is 12.8. The summed E-state index contributed by atoms with van der Waals surface area (Å²) < 4.78 is 1.54. The minimum Gasteiger partial charge on any atom is -0.347 e. The van der Waals surface area contributed by atoms with Gasteiger partial charge in [-0.25, -0.2) is 19.6 Å². The molecular weight excluding hydrogens is 352 g/mol. The highest BCUT2D eigenvalue weighted by Gasteiger charge is 2.27. The number of nitrogens with zero attached hydrogens (tertiary/aromatic N) is 5. The van der Waals surface area contributed by atoms with Crippen molar-refractivity contribution in [1.29, 1.82) is 10.7 Å². The molecule has 0 amide bonds. The highest BCUT2D eigenvalue weighted by molar-refractivity contribution is 6.18. The van der Waals surface area contributed by atoms with E-state index in [-0.39, 0.29) is 11.8 Å². The molecule has 3 heterocycles. The van der Waals surface area contributed by atoms with Gasteiger partial charge in [0.2, 0.25) is 5.62 Å². The Bertz CT molecular complexity index is 1070. The van der Waals surface area contributed by atoms with Crippen LogP contribution in [0.25, 0.3) is 22.5 Å². The Morgan fingerprint density at radius 2 is 2.23 bits per heavy atom. The number of anilines is 1. The molecule has 3 N–H and O–H groups in total. The molecule has 1 aliphatic heterocycles. The van der Waals surface area contributed by atoms with Crippen molar-refractivity contribution in [3.8, 4) is 28.6 Å². The average Bonchev–Trinajstić information content (AvgIpc) is 3.13. The maximum Gasteiger partial charge on any atom is 0.243 e. The molecule has 4 rings (SSSR count). The standard InChI is InChI=1S/C17H13ClN8/c18-7-13-23-16-14(12-4-5-21-9-22-12)15(24-17(20)26(16)25-13)11-3-1-2-10(6-11)8-19/h1-6,9,13,20,23,25H,7H2. The minimum atomic E-state index is -0.233. The summed E-state index contributed by atoms with van der Waals surface area (Å²) in [5.74, 6) is 0.954. The van der Waals surface area contributed by atoms with Crippen LogP contribution in [0.15, 0.2) is 42.9 Å². The van der Waals surface area contributed by atoms with E-state index in [1.807, 2.05) is 6.07 Å². The zero-order chi connectivity index (χ0) is 18.1. The van der Waals surface area contributed by atoms with Crippen LogP contribution in [0.1, 0.15) is 5.56 Å². The van der Waals surface area contributed by atoms with Crippen molar-refractivity contribution < 1.29 is 0 Å². The lowest BCUT2D eigenvalue weighted by atomic mass is 10.0. The summed E-state index contributed by atoms with van der Waals surface area (Å²) in [5.41, 5.74) is 6.27. The van der Waals surface area contributed by atoms with Gasteiger partial charge in [0.05, 0.1) is 34.5 Å². The molecule has 9 heteroatoms. The second-order valence-electron chi connectivity index (χ2n) is 5.61. The van der Waals surface area contributed by atoms with Crippen LogP contribution in [-0.4, -0.2) is 31.7 Å². The molecule has 1 aromatic carbocycles. The number of hydrogen-bond acceptors (Lipinski definition) is 7. The van der Waals surface area contributed by atoms with Gasteiger partial charge in [0.1, 0.15) is 18.3 Å². The summed E-state index contributed by atoms with van der Waals surface area (Å²) >= 11 is 5.96. The van der Waals surface area contributed by atoms with Gasteiger partial charge in [-0.15, -0.1) is 11.6 Å². The lowest BCUT2D eigenvalue weighted by Gasteiger charge is -2.14. The Kier molecular flexibility index (Phi) is 3.99. The van der Waals surface area contributed by atoms with E-state index in [1.165, 1.54) is 6.33 Å². The number of nitriles is 1. The fraction of sp³-hybridized carbons (Fsp3) is 0.118. The van der Waals surface area contributed by atoms with Crippen LogP contribution in [0.3, 0.4) is 0 Å². The molecule has 0 saturated heterocycles. The van der Waals surface area contributed by atoms with Crippen LogP contribution in [0.2, 0.25) is 0 Å². The number of alkyl halides is 1. The largest absolute Gasteiger partial charge is 0.347 e. The Labute approximate surface area is 153 Å². The summed E-state index contributed by atoms with van der Waals surface area (Å²) in [7, 11) is 0. The van der Waals surface area contributed by atoms with Gasteiger partial charge in [-0.05, 0) is 18.2 Å². The highest BCUT2D eigenvalue weighted by Crippen LogP contribution is 2.35. The average molecular weight is 365 g/mol. The molecule has 0 aliphatic carbocycles. The predicted octanol–water partition coefficient (Wildman–Crippen LogP) is 1.89. The Hall–Kier alpha value is -3.44. The quantitative estimate of drug-likeness (QED) is 0.611. The van der Waals surface area contributed by atoms with Crippen LogP contribution in [0.5, 0.6) is 0 Å². The number of nitrogens with one attached hydrogen (secondary N) is 3. The highest BCUT2D eigenvalue weighted by atomic mass is 35.5. The molecule has 128 valence electrons.